The minimum absolute atomic E-state index is 0.117. The zero-order valence-electron chi connectivity index (χ0n) is 15.9. The van der Waals surface area contributed by atoms with Crippen molar-refractivity contribution in [3.63, 3.8) is 0 Å². The summed E-state index contributed by atoms with van der Waals surface area (Å²) >= 11 is 0. The number of carbonyl (C=O) groups is 1. The summed E-state index contributed by atoms with van der Waals surface area (Å²) in [5.41, 5.74) is 1.13. The molecule has 2 heterocycles. The van der Waals surface area contributed by atoms with E-state index in [1.807, 2.05) is 43.8 Å². The number of aryl methyl sites for hydroxylation is 2. The normalized spacial score (nSPS) is 21.3. The summed E-state index contributed by atoms with van der Waals surface area (Å²) < 4.78 is 0. The van der Waals surface area contributed by atoms with Gasteiger partial charge in [0.25, 0.3) is 0 Å². The lowest BCUT2D eigenvalue weighted by Gasteiger charge is -2.30. The van der Waals surface area contributed by atoms with Crippen LogP contribution in [0.5, 0.6) is 0 Å². The highest BCUT2D eigenvalue weighted by Gasteiger charge is 2.31. The molecule has 0 saturated carbocycles. The molecule has 140 valence electrons. The molecule has 1 amide bonds. The minimum atomic E-state index is -0.691. The Hall–Kier alpha value is -1.73. The third kappa shape index (κ3) is 6.25. The maximum atomic E-state index is 12.5. The van der Waals surface area contributed by atoms with Crippen LogP contribution in [0.4, 0.5) is 5.95 Å². The molecule has 2 N–H and O–H groups in total. The number of nitrogens with one attached hydrogen (secondary N) is 1. The van der Waals surface area contributed by atoms with Gasteiger partial charge in [0.05, 0.1) is 5.60 Å². The van der Waals surface area contributed by atoms with Crippen molar-refractivity contribution in [1.82, 2.24) is 19.8 Å². The lowest BCUT2D eigenvalue weighted by Crippen LogP contribution is -2.41. The van der Waals surface area contributed by atoms with Crippen LogP contribution in [0.25, 0.3) is 0 Å². The van der Waals surface area contributed by atoms with E-state index in [2.05, 4.69) is 15.3 Å². The van der Waals surface area contributed by atoms with Crippen molar-refractivity contribution in [3.05, 3.63) is 17.5 Å². The number of nitrogens with zero attached hydrogens (tertiary/aromatic N) is 4. The Morgan fingerprint density at radius 2 is 1.96 bits per heavy atom. The molecule has 7 nitrogen and oxygen atoms in total. The van der Waals surface area contributed by atoms with Crippen LogP contribution in [0.2, 0.25) is 0 Å². The fraction of sp³-hybridized carbons (Fsp3) is 0.722. The van der Waals surface area contributed by atoms with Crippen LogP contribution in [0, 0.1) is 13.8 Å². The van der Waals surface area contributed by atoms with E-state index >= 15 is 0 Å². The van der Waals surface area contributed by atoms with Crippen molar-refractivity contribution >= 4 is 11.9 Å². The van der Waals surface area contributed by atoms with Gasteiger partial charge in [-0.3, -0.25) is 4.79 Å². The molecule has 1 fully saturated rings. The second-order valence-corrected chi connectivity index (χ2v) is 7.35. The Balaban J connectivity index is 1.80. The van der Waals surface area contributed by atoms with Crippen molar-refractivity contribution in [1.29, 1.82) is 0 Å². The zero-order valence-corrected chi connectivity index (χ0v) is 15.9. The molecule has 0 bridgehead atoms. The number of likely N-dealkylation sites (N-methyl/N-ethyl adjacent to an activating group) is 1. The summed E-state index contributed by atoms with van der Waals surface area (Å²) in [6.45, 7) is 6.34. The fourth-order valence-corrected chi connectivity index (χ4v) is 3.42. The number of aromatic nitrogens is 2. The molecule has 1 aromatic rings. The van der Waals surface area contributed by atoms with E-state index in [1.165, 1.54) is 0 Å². The highest BCUT2D eigenvalue weighted by molar-refractivity contribution is 5.76. The molecule has 1 saturated heterocycles. The number of hydrogen-bond donors (Lipinski definition) is 2. The Morgan fingerprint density at radius 1 is 1.28 bits per heavy atom. The predicted molar refractivity (Wildman–Crippen MR) is 98.5 cm³/mol. The molecular weight excluding hydrogens is 318 g/mol. The van der Waals surface area contributed by atoms with Crippen molar-refractivity contribution < 1.29 is 9.90 Å². The summed E-state index contributed by atoms with van der Waals surface area (Å²) in [6.07, 6.45) is 2.61. The quantitative estimate of drug-likeness (QED) is 0.803. The Morgan fingerprint density at radius 3 is 2.60 bits per heavy atom. The molecule has 0 aromatic carbocycles. The second kappa shape index (κ2) is 8.58. The number of likely N-dealkylation sites (tertiary alicyclic amines) is 1. The van der Waals surface area contributed by atoms with E-state index in [9.17, 15) is 9.90 Å². The molecule has 1 aliphatic heterocycles. The van der Waals surface area contributed by atoms with Gasteiger partial charge in [0.1, 0.15) is 0 Å². The van der Waals surface area contributed by atoms with Gasteiger partial charge in [-0.15, -0.1) is 0 Å². The van der Waals surface area contributed by atoms with E-state index in [0.717, 1.165) is 24.2 Å². The van der Waals surface area contributed by atoms with Crippen molar-refractivity contribution in [2.45, 2.75) is 45.1 Å². The standard InChI is InChI=1S/C18H31N5O2/c1-14-12-15(2)21-17(20-14)19-9-6-16(24)23-10-5-7-18(25,8-11-23)13-22(3)4/h12,25H,5-11,13H2,1-4H3,(H,19,20,21). The smallest absolute Gasteiger partial charge is 0.224 e. The average Bonchev–Trinajstić information content (AvgIpc) is 2.67. The first kappa shape index (κ1) is 19.6. The van der Waals surface area contributed by atoms with Gasteiger partial charge in [0.15, 0.2) is 0 Å². The number of amides is 1. The minimum Gasteiger partial charge on any atom is -0.388 e. The van der Waals surface area contributed by atoms with E-state index in [4.69, 9.17) is 0 Å². The van der Waals surface area contributed by atoms with E-state index < -0.39 is 5.60 Å². The van der Waals surface area contributed by atoms with Gasteiger partial charge in [-0.2, -0.15) is 0 Å². The average molecular weight is 349 g/mol. The van der Waals surface area contributed by atoms with Crippen LogP contribution in [0.15, 0.2) is 6.07 Å². The molecule has 1 aromatic heterocycles. The topological polar surface area (TPSA) is 81.6 Å². The van der Waals surface area contributed by atoms with Crippen molar-refractivity contribution in [3.8, 4) is 0 Å². The van der Waals surface area contributed by atoms with Crippen LogP contribution in [-0.4, -0.2) is 76.7 Å². The SMILES string of the molecule is Cc1cc(C)nc(NCCC(=O)N2CCCC(O)(CN(C)C)CC2)n1. The number of aliphatic hydroxyl groups is 1. The van der Waals surface area contributed by atoms with Crippen molar-refractivity contribution in [2.75, 3.05) is 45.6 Å². The number of hydrogen-bond acceptors (Lipinski definition) is 6. The third-order valence-corrected chi connectivity index (χ3v) is 4.48. The maximum absolute atomic E-state index is 12.5. The molecule has 0 radical (unpaired) electrons. The predicted octanol–water partition coefficient (Wildman–Crippen LogP) is 1.20. The van der Waals surface area contributed by atoms with Crippen LogP contribution in [0.1, 0.15) is 37.1 Å². The second-order valence-electron chi connectivity index (χ2n) is 7.35. The van der Waals surface area contributed by atoms with E-state index in [0.29, 0.717) is 45.0 Å². The summed E-state index contributed by atoms with van der Waals surface area (Å²) in [5.74, 6) is 0.688. The van der Waals surface area contributed by atoms with E-state index in [-0.39, 0.29) is 5.91 Å². The van der Waals surface area contributed by atoms with Gasteiger partial charge >= 0.3 is 0 Å². The number of anilines is 1. The Labute approximate surface area is 150 Å². The monoisotopic (exact) mass is 349 g/mol. The molecule has 25 heavy (non-hydrogen) atoms. The Kier molecular flexibility index (Phi) is 6.72. The molecule has 1 unspecified atom stereocenters. The summed E-state index contributed by atoms with van der Waals surface area (Å²) in [5, 5.41) is 13.8. The molecular formula is C18H31N5O2. The van der Waals surface area contributed by atoms with Gasteiger partial charge in [0, 0.05) is 44.0 Å². The zero-order chi connectivity index (χ0) is 18.4. The lowest BCUT2D eigenvalue weighted by atomic mass is 9.94. The highest BCUT2D eigenvalue weighted by Crippen LogP contribution is 2.23. The molecule has 0 spiro atoms. The first-order chi connectivity index (χ1) is 11.8. The van der Waals surface area contributed by atoms with Crippen LogP contribution in [0.3, 0.4) is 0 Å². The van der Waals surface area contributed by atoms with Crippen LogP contribution >= 0.6 is 0 Å². The largest absolute Gasteiger partial charge is 0.388 e. The summed E-state index contributed by atoms with van der Waals surface area (Å²) in [6, 6.07) is 1.92. The third-order valence-electron chi connectivity index (χ3n) is 4.48. The van der Waals surface area contributed by atoms with Gasteiger partial charge in [-0.25, -0.2) is 9.97 Å². The van der Waals surface area contributed by atoms with E-state index in [1.54, 1.807) is 0 Å². The van der Waals surface area contributed by atoms with Gasteiger partial charge in [-0.1, -0.05) is 0 Å². The Bertz CT molecular complexity index is 573. The van der Waals surface area contributed by atoms with Gasteiger partial charge < -0.3 is 20.2 Å². The highest BCUT2D eigenvalue weighted by atomic mass is 16.3. The number of carbonyl (C=O) groups excluding carboxylic acids is 1. The summed E-state index contributed by atoms with van der Waals surface area (Å²) in [7, 11) is 3.93. The summed E-state index contributed by atoms with van der Waals surface area (Å²) in [4.78, 5) is 25.0. The van der Waals surface area contributed by atoms with Gasteiger partial charge in [-0.05, 0) is 53.3 Å². The lowest BCUT2D eigenvalue weighted by molar-refractivity contribution is -0.131. The first-order valence-corrected chi connectivity index (χ1v) is 8.98. The number of rotatable bonds is 6. The molecule has 1 atom stereocenters. The first-order valence-electron chi connectivity index (χ1n) is 8.98. The maximum Gasteiger partial charge on any atom is 0.224 e. The van der Waals surface area contributed by atoms with Crippen molar-refractivity contribution in [2.24, 2.45) is 0 Å². The van der Waals surface area contributed by atoms with Crippen LogP contribution < -0.4 is 5.32 Å². The molecule has 1 aliphatic rings. The molecule has 0 aliphatic carbocycles. The van der Waals surface area contributed by atoms with Crippen LogP contribution in [-0.2, 0) is 4.79 Å². The molecule has 2 rings (SSSR count). The molecule has 7 heteroatoms. The fourth-order valence-electron chi connectivity index (χ4n) is 3.42. The van der Waals surface area contributed by atoms with Gasteiger partial charge in [0.2, 0.25) is 11.9 Å².